The van der Waals surface area contributed by atoms with Gasteiger partial charge in [0.2, 0.25) is 5.89 Å². The fraction of sp³-hybridized carbons (Fsp3) is 0.700. The second-order valence-corrected chi connectivity index (χ2v) is 3.67. The summed E-state index contributed by atoms with van der Waals surface area (Å²) >= 11 is 0. The Morgan fingerprint density at radius 1 is 1.42 bits per heavy atom. The van der Waals surface area contributed by atoms with Gasteiger partial charge in [-0.05, 0) is 6.42 Å². The van der Waals surface area contributed by atoms with Crippen LogP contribution in [0.25, 0.3) is 0 Å². The van der Waals surface area contributed by atoms with Gasteiger partial charge in [0.25, 0.3) is 0 Å². The number of alkyl halides is 4. The Balaban J connectivity index is 2.33. The zero-order valence-electron chi connectivity index (χ0n) is 9.78. The van der Waals surface area contributed by atoms with Crippen LogP contribution in [0.2, 0.25) is 0 Å². The van der Waals surface area contributed by atoms with Crippen LogP contribution >= 0.6 is 0 Å². The van der Waals surface area contributed by atoms with Gasteiger partial charge in [-0.25, -0.2) is 8.78 Å². The van der Waals surface area contributed by atoms with E-state index in [0.717, 1.165) is 0 Å². The molecule has 0 saturated carbocycles. The fourth-order valence-electron chi connectivity index (χ4n) is 1.11. The summed E-state index contributed by atoms with van der Waals surface area (Å²) in [5.74, 6) is -3.95. The van der Waals surface area contributed by atoms with Crippen LogP contribution in [0.1, 0.15) is 24.6 Å². The quantitative estimate of drug-likeness (QED) is 0.540. The Labute approximate surface area is 106 Å². The highest BCUT2D eigenvalue weighted by molar-refractivity contribution is 4.86. The maximum atomic E-state index is 12.5. The van der Waals surface area contributed by atoms with Crippen molar-refractivity contribution < 1.29 is 26.8 Å². The summed E-state index contributed by atoms with van der Waals surface area (Å²) in [6.07, 6.45) is -2.54. The molecule has 0 saturated heterocycles. The summed E-state index contributed by atoms with van der Waals surface area (Å²) in [6, 6.07) is 1.94. The van der Waals surface area contributed by atoms with Crippen LogP contribution in [0.5, 0.6) is 0 Å². The lowest BCUT2D eigenvalue weighted by atomic mass is 10.2. The van der Waals surface area contributed by atoms with Gasteiger partial charge in [-0.3, -0.25) is 0 Å². The molecular weight excluding hydrogens is 270 g/mol. The maximum Gasteiger partial charge on any atom is 0.330 e. The van der Waals surface area contributed by atoms with Crippen LogP contribution in [0, 0.1) is 11.3 Å². The SMILES string of the molecule is N#CCCCc1nc(COCC(F)(F)C(F)F)no1. The van der Waals surface area contributed by atoms with Gasteiger partial charge in [-0.1, -0.05) is 5.16 Å². The van der Waals surface area contributed by atoms with E-state index in [0.29, 0.717) is 19.3 Å². The van der Waals surface area contributed by atoms with E-state index in [-0.39, 0.29) is 11.7 Å². The molecule has 0 fully saturated rings. The second kappa shape index (κ2) is 7.04. The standard InChI is InChI=1S/C10H11F4N3O2/c11-9(12)10(13,14)6-18-5-7-16-8(19-17-7)3-1-2-4-15/h9H,1-3,5-6H2. The Bertz CT molecular complexity index is 431. The van der Waals surface area contributed by atoms with Gasteiger partial charge >= 0.3 is 12.3 Å². The lowest BCUT2D eigenvalue weighted by molar-refractivity contribution is -0.168. The number of nitriles is 1. The first-order valence-corrected chi connectivity index (χ1v) is 5.38. The van der Waals surface area contributed by atoms with Gasteiger partial charge < -0.3 is 9.26 Å². The molecule has 0 radical (unpaired) electrons. The van der Waals surface area contributed by atoms with Crippen LogP contribution in [-0.2, 0) is 17.8 Å². The molecule has 106 valence electrons. The normalized spacial score (nSPS) is 11.8. The number of hydrogen-bond acceptors (Lipinski definition) is 5. The molecule has 0 aliphatic rings. The zero-order valence-corrected chi connectivity index (χ0v) is 9.78. The molecule has 0 spiro atoms. The number of aryl methyl sites for hydroxylation is 1. The van der Waals surface area contributed by atoms with Gasteiger partial charge in [0.1, 0.15) is 13.2 Å². The third-order valence-corrected chi connectivity index (χ3v) is 2.03. The molecule has 1 aromatic heterocycles. The van der Waals surface area contributed by atoms with E-state index in [9.17, 15) is 17.6 Å². The Kier molecular flexibility index (Phi) is 5.69. The van der Waals surface area contributed by atoms with Gasteiger partial charge in [0, 0.05) is 12.8 Å². The third kappa shape index (κ3) is 5.21. The topological polar surface area (TPSA) is 71.9 Å². The van der Waals surface area contributed by atoms with E-state index in [1.807, 2.05) is 6.07 Å². The lowest BCUT2D eigenvalue weighted by Gasteiger charge is -2.14. The molecule has 0 aliphatic heterocycles. The molecule has 1 aromatic rings. The number of halogens is 4. The smallest absolute Gasteiger partial charge is 0.330 e. The molecule has 1 heterocycles. The van der Waals surface area contributed by atoms with Crippen molar-refractivity contribution in [3.05, 3.63) is 11.7 Å². The number of hydrogen-bond donors (Lipinski definition) is 0. The lowest BCUT2D eigenvalue weighted by Crippen LogP contribution is -2.32. The molecule has 0 amide bonds. The Morgan fingerprint density at radius 3 is 2.79 bits per heavy atom. The molecule has 0 aliphatic carbocycles. The van der Waals surface area contributed by atoms with E-state index in [1.165, 1.54) is 0 Å². The number of aromatic nitrogens is 2. The van der Waals surface area contributed by atoms with E-state index in [1.54, 1.807) is 0 Å². The maximum absolute atomic E-state index is 12.5. The first kappa shape index (κ1) is 15.4. The van der Waals surface area contributed by atoms with Crippen LogP contribution in [0.3, 0.4) is 0 Å². The highest BCUT2D eigenvalue weighted by atomic mass is 19.3. The minimum atomic E-state index is -4.20. The van der Waals surface area contributed by atoms with Gasteiger partial charge in [-0.2, -0.15) is 19.0 Å². The van der Waals surface area contributed by atoms with Crippen molar-refractivity contribution >= 4 is 0 Å². The van der Waals surface area contributed by atoms with E-state index >= 15 is 0 Å². The summed E-state index contributed by atoms with van der Waals surface area (Å²) < 4.78 is 57.8. The van der Waals surface area contributed by atoms with Crippen LogP contribution < -0.4 is 0 Å². The van der Waals surface area contributed by atoms with Gasteiger partial charge in [0.15, 0.2) is 5.82 Å². The fourth-order valence-corrected chi connectivity index (χ4v) is 1.11. The predicted octanol–water partition coefficient (Wildman–Crippen LogP) is 2.33. The number of ether oxygens (including phenoxy) is 1. The van der Waals surface area contributed by atoms with E-state index in [4.69, 9.17) is 9.78 Å². The minimum Gasteiger partial charge on any atom is -0.367 e. The molecule has 19 heavy (non-hydrogen) atoms. The Morgan fingerprint density at radius 2 is 2.16 bits per heavy atom. The molecule has 9 heteroatoms. The molecule has 0 N–H and O–H groups in total. The van der Waals surface area contributed by atoms with E-state index in [2.05, 4.69) is 14.9 Å². The number of unbranched alkanes of at least 4 members (excludes halogenated alkanes) is 1. The molecule has 0 bridgehead atoms. The molecule has 0 aromatic carbocycles. The van der Waals surface area contributed by atoms with Crippen molar-refractivity contribution in [2.75, 3.05) is 6.61 Å². The van der Waals surface area contributed by atoms with Gasteiger partial charge in [0.05, 0.1) is 6.07 Å². The Hall–Kier alpha value is -1.69. The number of rotatable bonds is 8. The summed E-state index contributed by atoms with van der Waals surface area (Å²) in [7, 11) is 0. The van der Waals surface area contributed by atoms with Crippen molar-refractivity contribution in [3.8, 4) is 6.07 Å². The molecule has 1 rings (SSSR count). The minimum absolute atomic E-state index is 0.00276. The molecular formula is C10H11F4N3O2. The summed E-state index contributed by atoms with van der Waals surface area (Å²) in [4.78, 5) is 3.80. The predicted molar refractivity (Wildman–Crippen MR) is 53.5 cm³/mol. The summed E-state index contributed by atoms with van der Waals surface area (Å²) in [5.41, 5.74) is 0. The van der Waals surface area contributed by atoms with Crippen molar-refractivity contribution in [1.82, 2.24) is 10.1 Å². The first-order chi connectivity index (χ1) is 8.95. The zero-order chi connectivity index (χ0) is 14.3. The summed E-state index contributed by atoms with van der Waals surface area (Å²) in [5, 5.41) is 11.8. The van der Waals surface area contributed by atoms with Crippen molar-refractivity contribution in [2.24, 2.45) is 0 Å². The van der Waals surface area contributed by atoms with Crippen molar-refractivity contribution in [2.45, 2.75) is 38.2 Å². The number of nitrogens with zero attached hydrogens (tertiary/aromatic N) is 3. The average molecular weight is 281 g/mol. The molecule has 0 unspecified atom stereocenters. The largest absolute Gasteiger partial charge is 0.367 e. The highest BCUT2D eigenvalue weighted by Gasteiger charge is 2.41. The molecule has 5 nitrogen and oxygen atoms in total. The van der Waals surface area contributed by atoms with Crippen LogP contribution in [0.4, 0.5) is 17.6 Å². The summed E-state index contributed by atoms with van der Waals surface area (Å²) in [6.45, 7) is -1.85. The van der Waals surface area contributed by atoms with Crippen molar-refractivity contribution in [3.63, 3.8) is 0 Å². The first-order valence-electron chi connectivity index (χ1n) is 5.38. The monoisotopic (exact) mass is 281 g/mol. The van der Waals surface area contributed by atoms with Crippen molar-refractivity contribution in [1.29, 1.82) is 5.26 Å². The van der Waals surface area contributed by atoms with Gasteiger partial charge in [-0.15, -0.1) is 0 Å². The van der Waals surface area contributed by atoms with Crippen LogP contribution in [-0.4, -0.2) is 29.1 Å². The van der Waals surface area contributed by atoms with E-state index < -0.39 is 25.6 Å². The second-order valence-electron chi connectivity index (χ2n) is 3.67. The molecule has 0 atom stereocenters. The third-order valence-electron chi connectivity index (χ3n) is 2.03. The highest BCUT2D eigenvalue weighted by Crippen LogP contribution is 2.23. The average Bonchev–Trinajstić information content (AvgIpc) is 2.77. The van der Waals surface area contributed by atoms with Crippen LogP contribution in [0.15, 0.2) is 4.52 Å².